The molecule has 0 spiro atoms. The van der Waals surface area contributed by atoms with Crippen molar-refractivity contribution >= 4 is 46.9 Å². The summed E-state index contributed by atoms with van der Waals surface area (Å²) in [5.41, 5.74) is 4.21. The summed E-state index contributed by atoms with van der Waals surface area (Å²) < 4.78 is 16.6. The first-order valence-electron chi connectivity index (χ1n) is 9.91. The molecular formula is C24H21Cl3N2O4. The lowest BCUT2D eigenvalue weighted by Crippen LogP contribution is -2.17. The van der Waals surface area contributed by atoms with E-state index in [-0.39, 0.29) is 6.61 Å². The third kappa shape index (κ3) is 6.78. The van der Waals surface area contributed by atoms with Crippen molar-refractivity contribution in [3.05, 3.63) is 86.4 Å². The second-order valence-electron chi connectivity index (χ2n) is 6.70. The lowest BCUT2D eigenvalue weighted by atomic mass is 10.2. The average Bonchev–Trinajstić information content (AvgIpc) is 2.80. The first-order chi connectivity index (χ1) is 15.9. The fourth-order valence-electron chi connectivity index (χ4n) is 2.85. The molecule has 0 aliphatic heterocycles. The van der Waals surface area contributed by atoms with Gasteiger partial charge in [-0.1, -0.05) is 40.9 Å². The van der Waals surface area contributed by atoms with Crippen LogP contribution in [-0.2, 0) is 6.61 Å². The van der Waals surface area contributed by atoms with Crippen molar-refractivity contribution < 1.29 is 19.0 Å². The lowest BCUT2D eigenvalue weighted by Gasteiger charge is -2.11. The summed E-state index contributed by atoms with van der Waals surface area (Å²) in [6, 6.07) is 15.2. The normalized spacial score (nSPS) is 10.8. The van der Waals surface area contributed by atoms with Crippen molar-refractivity contribution in [2.24, 2.45) is 5.10 Å². The lowest BCUT2D eigenvalue weighted by molar-refractivity contribution is 0.0954. The summed E-state index contributed by atoms with van der Waals surface area (Å²) in [6.45, 7) is 2.57. The summed E-state index contributed by atoms with van der Waals surface area (Å²) >= 11 is 18.3. The third-order valence-corrected chi connectivity index (χ3v) is 5.29. The molecule has 0 aliphatic rings. The number of ether oxygens (including phenoxy) is 3. The molecule has 0 saturated heterocycles. The molecule has 0 unspecified atom stereocenters. The topological polar surface area (TPSA) is 69.2 Å². The number of nitrogens with zero attached hydrogens (tertiary/aromatic N) is 1. The van der Waals surface area contributed by atoms with Gasteiger partial charge >= 0.3 is 0 Å². The fraction of sp³-hybridized carbons (Fsp3) is 0.167. The number of methoxy groups -OCH3 is 1. The van der Waals surface area contributed by atoms with Crippen LogP contribution in [0.1, 0.15) is 28.4 Å². The Morgan fingerprint density at radius 1 is 0.939 bits per heavy atom. The fourth-order valence-corrected chi connectivity index (χ4v) is 3.50. The number of rotatable bonds is 9. The number of hydrogen-bond acceptors (Lipinski definition) is 5. The summed E-state index contributed by atoms with van der Waals surface area (Å²) in [4.78, 5) is 12.5. The number of hydrogen-bond donors (Lipinski definition) is 1. The van der Waals surface area contributed by atoms with E-state index in [1.54, 1.807) is 54.6 Å². The van der Waals surface area contributed by atoms with Crippen LogP contribution in [0.4, 0.5) is 0 Å². The van der Waals surface area contributed by atoms with Gasteiger partial charge in [-0.25, -0.2) is 5.43 Å². The molecule has 3 rings (SSSR count). The molecule has 1 amide bonds. The van der Waals surface area contributed by atoms with Crippen molar-refractivity contribution in [3.8, 4) is 17.2 Å². The van der Waals surface area contributed by atoms with Gasteiger partial charge < -0.3 is 14.2 Å². The zero-order valence-corrected chi connectivity index (χ0v) is 20.2. The van der Waals surface area contributed by atoms with Crippen molar-refractivity contribution in [3.63, 3.8) is 0 Å². The molecule has 0 bridgehead atoms. The molecule has 9 heteroatoms. The van der Waals surface area contributed by atoms with E-state index in [2.05, 4.69) is 10.5 Å². The highest BCUT2D eigenvalue weighted by Gasteiger charge is 2.11. The maximum atomic E-state index is 12.5. The van der Waals surface area contributed by atoms with Crippen LogP contribution in [0.15, 0.2) is 59.7 Å². The molecule has 3 aromatic carbocycles. The van der Waals surface area contributed by atoms with Gasteiger partial charge in [0.1, 0.15) is 12.4 Å². The minimum absolute atomic E-state index is 0.219. The van der Waals surface area contributed by atoms with Crippen molar-refractivity contribution in [1.29, 1.82) is 0 Å². The Bertz CT molecular complexity index is 1170. The smallest absolute Gasteiger partial charge is 0.271 e. The molecule has 172 valence electrons. The van der Waals surface area contributed by atoms with Crippen LogP contribution in [0.5, 0.6) is 17.2 Å². The average molecular weight is 508 g/mol. The summed E-state index contributed by atoms with van der Waals surface area (Å²) in [6.07, 6.45) is 1.45. The Morgan fingerprint density at radius 3 is 2.39 bits per heavy atom. The molecule has 0 aliphatic carbocycles. The molecule has 0 radical (unpaired) electrons. The Hall–Kier alpha value is -2.93. The molecule has 0 saturated carbocycles. The SMILES string of the molecule is CCOc1ccc(C(=O)N/N=C/c2cc(Cl)ccc2OCc2ccc(Cl)cc2Cl)cc1OC. The third-order valence-electron chi connectivity index (χ3n) is 4.47. The van der Waals surface area contributed by atoms with Gasteiger partial charge in [-0.2, -0.15) is 5.10 Å². The van der Waals surface area contributed by atoms with Gasteiger partial charge in [0.25, 0.3) is 5.91 Å². The maximum Gasteiger partial charge on any atom is 0.271 e. The monoisotopic (exact) mass is 506 g/mol. The highest BCUT2D eigenvalue weighted by Crippen LogP contribution is 2.28. The maximum absolute atomic E-state index is 12.5. The molecule has 33 heavy (non-hydrogen) atoms. The number of benzene rings is 3. The minimum Gasteiger partial charge on any atom is -0.493 e. The molecule has 0 fully saturated rings. The number of hydrazone groups is 1. The van der Waals surface area contributed by atoms with Crippen LogP contribution in [0.25, 0.3) is 0 Å². The second kappa shape index (κ2) is 11.8. The van der Waals surface area contributed by atoms with Gasteiger partial charge in [-0.15, -0.1) is 0 Å². The van der Waals surface area contributed by atoms with E-state index in [1.807, 2.05) is 6.92 Å². The summed E-state index contributed by atoms with van der Waals surface area (Å²) in [5.74, 6) is 1.12. The first-order valence-corrected chi connectivity index (χ1v) is 11.0. The van der Waals surface area contributed by atoms with Crippen LogP contribution in [0.2, 0.25) is 15.1 Å². The number of nitrogens with one attached hydrogen (secondary N) is 1. The number of amides is 1. The molecular weight excluding hydrogens is 487 g/mol. The van der Waals surface area contributed by atoms with Gasteiger partial charge in [-0.05, 0) is 55.5 Å². The summed E-state index contributed by atoms with van der Waals surface area (Å²) in [5, 5.41) is 5.59. The van der Waals surface area contributed by atoms with Crippen LogP contribution < -0.4 is 19.6 Å². The number of carbonyl (C=O) groups is 1. The van der Waals surface area contributed by atoms with Crippen molar-refractivity contribution in [2.45, 2.75) is 13.5 Å². The highest BCUT2D eigenvalue weighted by molar-refractivity contribution is 6.35. The highest BCUT2D eigenvalue weighted by atomic mass is 35.5. The van der Waals surface area contributed by atoms with E-state index in [1.165, 1.54) is 13.3 Å². The van der Waals surface area contributed by atoms with Gasteiger partial charge in [0.05, 0.1) is 19.9 Å². The van der Waals surface area contributed by atoms with Gasteiger partial charge in [0.2, 0.25) is 0 Å². The van der Waals surface area contributed by atoms with Crippen LogP contribution in [0.3, 0.4) is 0 Å². The van der Waals surface area contributed by atoms with E-state index in [4.69, 9.17) is 49.0 Å². The van der Waals surface area contributed by atoms with Crippen LogP contribution >= 0.6 is 34.8 Å². The zero-order valence-electron chi connectivity index (χ0n) is 17.9. The Kier molecular flexibility index (Phi) is 8.83. The van der Waals surface area contributed by atoms with E-state index >= 15 is 0 Å². The molecule has 0 aromatic heterocycles. The zero-order chi connectivity index (χ0) is 23.8. The predicted octanol–water partition coefficient (Wildman–Crippen LogP) is 6.40. The van der Waals surface area contributed by atoms with E-state index < -0.39 is 5.91 Å². The van der Waals surface area contributed by atoms with Crippen molar-refractivity contribution in [2.75, 3.05) is 13.7 Å². The quantitative estimate of drug-likeness (QED) is 0.269. The standard InChI is InChI=1S/C24H21Cl3N2O4/c1-3-32-22-8-5-15(11-23(22)31-2)24(30)29-28-13-17-10-18(25)7-9-21(17)33-14-16-4-6-19(26)12-20(16)27/h4-13H,3,14H2,1-2H3,(H,29,30)/b28-13+. The Morgan fingerprint density at radius 2 is 1.67 bits per heavy atom. The van der Waals surface area contributed by atoms with Gasteiger partial charge in [0, 0.05) is 31.8 Å². The Labute approximate surface area is 207 Å². The Balaban J connectivity index is 1.70. The predicted molar refractivity (Wildman–Crippen MR) is 131 cm³/mol. The van der Waals surface area contributed by atoms with Crippen LogP contribution in [-0.4, -0.2) is 25.8 Å². The molecule has 1 N–H and O–H groups in total. The van der Waals surface area contributed by atoms with E-state index in [0.29, 0.717) is 50.1 Å². The number of halogens is 3. The van der Waals surface area contributed by atoms with Gasteiger partial charge in [0.15, 0.2) is 11.5 Å². The number of carbonyl (C=O) groups excluding carboxylic acids is 1. The molecule has 0 atom stereocenters. The van der Waals surface area contributed by atoms with Crippen LogP contribution in [0, 0.1) is 0 Å². The molecule has 6 nitrogen and oxygen atoms in total. The van der Waals surface area contributed by atoms with E-state index in [9.17, 15) is 4.79 Å². The molecule has 3 aromatic rings. The largest absolute Gasteiger partial charge is 0.493 e. The minimum atomic E-state index is -0.412. The molecule has 0 heterocycles. The van der Waals surface area contributed by atoms with Crippen molar-refractivity contribution in [1.82, 2.24) is 5.43 Å². The first kappa shape index (κ1) is 24.7. The van der Waals surface area contributed by atoms with Gasteiger partial charge in [-0.3, -0.25) is 4.79 Å². The summed E-state index contributed by atoms with van der Waals surface area (Å²) in [7, 11) is 1.51. The van der Waals surface area contributed by atoms with E-state index in [0.717, 1.165) is 5.56 Å². The second-order valence-corrected chi connectivity index (χ2v) is 7.98.